The van der Waals surface area contributed by atoms with Gasteiger partial charge in [-0.05, 0) is 182 Å². The summed E-state index contributed by atoms with van der Waals surface area (Å²) in [6.07, 6.45) is -0.515. The summed E-state index contributed by atoms with van der Waals surface area (Å²) in [5.41, 5.74) is 0.643. The molecule has 0 aliphatic carbocycles. The molecule has 0 bridgehead atoms. The zero-order valence-corrected chi connectivity index (χ0v) is 35.5. The Labute approximate surface area is 329 Å². The third-order valence-corrected chi connectivity index (χ3v) is 12.5. The first kappa shape index (κ1) is 37.8. The number of hydrogen-bond acceptors (Lipinski definition) is 6. The van der Waals surface area contributed by atoms with E-state index in [-0.39, 0.29) is 53.6 Å². The largest absolute Gasteiger partial charge is 0.313 e. The molecule has 2 amide bonds. The molecule has 214 valence electrons. The predicted octanol–water partition coefficient (Wildman–Crippen LogP) is 8.24. The Morgan fingerprint density at radius 3 is 0.850 bits per heavy atom. The minimum Gasteiger partial charge on any atom is -0.313 e. The summed E-state index contributed by atoms with van der Waals surface area (Å²) in [6, 6.07) is 0. The van der Waals surface area contributed by atoms with Gasteiger partial charge in [0.25, 0.3) is 21.0 Å². The minimum absolute atomic E-state index is 0.0369. The summed E-state index contributed by atoms with van der Waals surface area (Å²) in [5.74, 6) is -1.00. The molecule has 2 aromatic rings. The highest BCUT2D eigenvalue weighted by Gasteiger charge is 2.32. The minimum atomic E-state index is -0.824. The maximum absolute atomic E-state index is 13.2. The average Bonchev–Trinajstić information content (AvgIpc) is 2.80. The summed E-state index contributed by atoms with van der Waals surface area (Å²) in [7, 11) is 2.88. The summed E-state index contributed by atoms with van der Waals surface area (Å²) in [6.45, 7) is 0. The normalized spacial score (nSPS) is 10.8. The van der Waals surface area contributed by atoms with E-state index >= 15 is 0 Å². The Morgan fingerprint density at radius 1 is 0.475 bits per heavy atom. The first-order valence-electron chi connectivity index (χ1n) is 10.1. The van der Waals surface area contributed by atoms with Gasteiger partial charge in [0.1, 0.15) is 0 Å². The van der Waals surface area contributed by atoms with Crippen molar-refractivity contribution in [1.29, 1.82) is 0 Å². The number of nitrogens with zero attached hydrogens (tertiary/aromatic N) is 2. The quantitative estimate of drug-likeness (QED) is 0.185. The van der Waals surface area contributed by atoms with Gasteiger partial charge in [-0.2, -0.15) is 0 Å². The summed E-state index contributed by atoms with van der Waals surface area (Å²) < 4.78 is 1.89. The van der Waals surface area contributed by atoms with Gasteiger partial charge in [0.05, 0.1) is 47.9 Å². The van der Waals surface area contributed by atoms with Gasteiger partial charge in [-0.15, -0.1) is 0 Å². The van der Waals surface area contributed by atoms with E-state index in [0.717, 1.165) is 0 Å². The van der Waals surface area contributed by atoms with Gasteiger partial charge in [-0.3, -0.25) is 28.8 Å². The van der Waals surface area contributed by atoms with E-state index in [1.54, 1.807) is 45.2 Å². The van der Waals surface area contributed by atoms with Gasteiger partial charge >= 0.3 is 0 Å². The maximum Gasteiger partial charge on any atom is 0.254 e. The van der Waals surface area contributed by atoms with Crippen LogP contribution >= 0.6 is 182 Å². The lowest BCUT2D eigenvalue weighted by atomic mass is 10.1. The molecule has 2 rings (SSSR count). The zero-order chi connectivity index (χ0) is 31.0. The third kappa shape index (κ3) is 7.87. The molecule has 40 heavy (non-hydrogen) atoms. The van der Waals surface area contributed by atoms with Crippen molar-refractivity contribution >= 4 is 226 Å². The molecule has 0 fully saturated rings. The highest BCUT2D eigenvalue weighted by Crippen LogP contribution is 2.40. The van der Waals surface area contributed by atoms with Crippen LogP contribution in [-0.4, -0.2) is 46.9 Å². The van der Waals surface area contributed by atoms with Crippen LogP contribution in [0.4, 0.5) is 11.4 Å². The highest BCUT2D eigenvalue weighted by atomic mass is 127. The van der Waals surface area contributed by atoms with Crippen molar-refractivity contribution in [3.63, 3.8) is 0 Å². The first-order valence-corrected chi connectivity index (χ1v) is 18.1. The van der Waals surface area contributed by atoms with Crippen molar-refractivity contribution in [1.82, 2.24) is 0 Å². The van der Waals surface area contributed by atoms with E-state index in [2.05, 4.69) is 0 Å². The SMILES string of the molecule is CN(C(=O)CCC(=O)N(C)c1c(I)c(C(=O)Cl)c(I)c(C(=O)Cl)c1I)c1c(I)c(C(=O)Cl)c(I)c(C(=O)Cl)c1I. The molecule has 8 nitrogen and oxygen atoms in total. The zero-order valence-electron chi connectivity index (χ0n) is 19.5. The van der Waals surface area contributed by atoms with Crippen molar-refractivity contribution in [2.75, 3.05) is 23.9 Å². The first-order chi connectivity index (χ1) is 18.4. The number of carbonyl (C=O) groups is 6. The lowest BCUT2D eigenvalue weighted by Crippen LogP contribution is -2.33. The lowest BCUT2D eigenvalue weighted by Gasteiger charge is -2.25. The number of hydrogen-bond donors (Lipinski definition) is 0. The number of anilines is 2. The van der Waals surface area contributed by atoms with Crippen LogP contribution in [0, 0.1) is 21.4 Å². The predicted molar refractivity (Wildman–Crippen MR) is 206 cm³/mol. The Bertz CT molecular complexity index is 1330. The van der Waals surface area contributed by atoms with Gasteiger partial charge in [-0.1, -0.05) is 0 Å². The monoisotopic (exact) mass is 1300 g/mol. The second kappa shape index (κ2) is 15.7. The van der Waals surface area contributed by atoms with Crippen LogP contribution in [0.3, 0.4) is 0 Å². The number of carbonyl (C=O) groups excluding carboxylic acids is 6. The molecule has 0 aliphatic heterocycles. The second-order valence-corrected chi connectivity index (χ2v) is 15.4. The average molecular weight is 1300 g/mol. The van der Waals surface area contributed by atoms with Crippen LogP contribution in [0.2, 0.25) is 0 Å². The lowest BCUT2D eigenvalue weighted by molar-refractivity contribution is -0.123. The molecule has 0 N–H and O–H groups in total. The Hall–Kier alpha value is 1.60. The summed E-state index contributed by atoms with van der Waals surface area (Å²) >= 11 is 34.2. The van der Waals surface area contributed by atoms with Gasteiger partial charge < -0.3 is 9.80 Å². The molecule has 0 heterocycles. The fourth-order valence-electron chi connectivity index (χ4n) is 3.38. The molecule has 0 unspecified atom stereocenters. The van der Waals surface area contributed by atoms with Crippen LogP contribution in [0.15, 0.2) is 0 Å². The van der Waals surface area contributed by atoms with Gasteiger partial charge in [0.2, 0.25) is 11.8 Å². The number of rotatable bonds is 9. The van der Waals surface area contributed by atoms with E-state index in [1.807, 2.05) is 90.4 Å². The second-order valence-electron chi connectivity index (χ2n) is 7.58. The standard InChI is InChI=1S/C22H10Cl4I6N2O6/c1-33(17-13(29)7(19(23)37)11(27)8(14(17)30)20(24)38)5(35)3-4-6(36)34(2)18-15(31)9(21(25)39)12(28)10(16(18)32)22(26)40/h3-4H2,1-2H3. The molecular weight excluding hydrogens is 1290 g/mol. The molecule has 0 aromatic heterocycles. The van der Waals surface area contributed by atoms with Gasteiger partial charge in [0, 0.05) is 34.1 Å². The molecular formula is C22H10Cl4I6N2O6. The molecule has 0 radical (unpaired) electrons. The molecule has 0 atom stereocenters. The van der Waals surface area contributed by atoms with E-state index in [9.17, 15) is 28.8 Å². The van der Waals surface area contributed by atoms with E-state index in [4.69, 9.17) is 46.4 Å². The van der Waals surface area contributed by atoms with Crippen LogP contribution < -0.4 is 9.80 Å². The highest BCUT2D eigenvalue weighted by molar-refractivity contribution is 14.1. The van der Waals surface area contributed by atoms with Crippen LogP contribution in [0.25, 0.3) is 0 Å². The van der Waals surface area contributed by atoms with E-state index in [0.29, 0.717) is 14.3 Å². The smallest absolute Gasteiger partial charge is 0.254 e. The maximum atomic E-state index is 13.2. The fourth-order valence-corrected chi connectivity index (χ4v) is 15.2. The summed E-state index contributed by atoms with van der Waals surface area (Å²) in [4.78, 5) is 77.4. The van der Waals surface area contributed by atoms with E-state index in [1.165, 1.54) is 23.9 Å². The van der Waals surface area contributed by atoms with Crippen molar-refractivity contribution < 1.29 is 28.8 Å². The van der Waals surface area contributed by atoms with Crippen LogP contribution in [0.5, 0.6) is 0 Å². The number of amides is 2. The van der Waals surface area contributed by atoms with Gasteiger partial charge in [-0.25, -0.2) is 0 Å². The van der Waals surface area contributed by atoms with Crippen molar-refractivity contribution in [2.24, 2.45) is 0 Å². The third-order valence-electron chi connectivity index (χ3n) is 5.35. The Kier molecular flexibility index (Phi) is 14.9. The van der Waals surface area contributed by atoms with Gasteiger partial charge in [0.15, 0.2) is 0 Å². The molecule has 0 saturated heterocycles. The van der Waals surface area contributed by atoms with Crippen molar-refractivity contribution in [3.05, 3.63) is 43.7 Å². The number of halogens is 10. The van der Waals surface area contributed by atoms with Crippen molar-refractivity contribution in [2.45, 2.75) is 12.8 Å². The fraction of sp³-hybridized carbons (Fsp3) is 0.182. The van der Waals surface area contributed by atoms with Crippen LogP contribution in [0.1, 0.15) is 54.3 Å². The Balaban J connectivity index is 2.46. The topological polar surface area (TPSA) is 109 Å². The summed E-state index contributed by atoms with van der Waals surface area (Å²) in [5, 5.41) is -3.30. The molecule has 0 saturated carbocycles. The van der Waals surface area contributed by atoms with Crippen molar-refractivity contribution in [3.8, 4) is 0 Å². The van der Waals surface area contributed by atoms with E-state index < -0.39 is 32.8 Å². The van der Waals surface area contributed by atoms with Crippen LogP contribution in [-0.2, 0) is 9.59 Å². The molecule has 18 heteroatoms. The molecule has 0 aliphatic rings. The molecule has 0 spiro atoms. The molecule has 2 aromatic carbocycles. The Morgan fingerprint density at radius 2 is 0.675 bits per heavy atom. The number of benzene rings is 2.